The highest BCUT2D eigenvalue weighted by atomic mass is 19.1. The number of nitrogens with one attached hydrogen (secondary N) is 1. The highest BCUT2D eigenvalue weighted by Gasteiger charge is 2.54. The molecule has 2 saturated heterocycles. The lowest BCUT2D eigenvalue weighted by atomic mass is 9.73. The summed E-state index contributed by atoms with van der Waals surface area (Å²) >= 11 is 0. The van der Waals surface area contributed by atoms with E-state index in [1.807, 2.05) is 24.3 Å². The van der Waals surface area contributed by atoms with E-state index >= 15 is 0 Å². The molecule has 0 bridgehead atoms. The number of amides is 3. The van der Waals surface area contributed by atoms with Crippen molar-refractivity contribution in [1.29, 1.82) is 0 Å². The maximum Gasteiger partial charge on any atom is 0.322 e. The predicted octanol–water partition coefficient (Wildman–Crippen LogP) is 2.79. The van der Waals surface area contributed by atoms with E-state index in [2.05, 4.69) is 17.2 Å². The third-order valence-corrected chi connectivity index (χ3v) is 6.45. The lowest BCUT2D eigenvalue weighted by Crippen LogP contribution is -2.73. The molecule has 0 aromatic heterocycles. The molecule has 6 nitrogen and oxygen atoms in total. The van der Waals surface area contributed by atoms with Gasteiger partial charge >= 0.3 is 6.03 Å². The lowest BCUT2D eigenvalue weighted by molar-refractivity contribution is -0.159. The van der Waals surface area contributed by atoms with E-state index in [4.69, 9.17) is 0 Å². The van der Waals surface area contributed by atoms with Crippen molar-refractivity contribution in [1.82, 2.24) is 9.80 Å². The van der Waals surface area contributed by atoms with Crippen molar-refractivity contribution in [3.8, 4) is 11.8 Å². The third-order valence-electron chi connectivity index (χ3n) is 6.45. The number of para-hydroxylation sites is 1. The number of nitrogens with zero attached hydrogens (tertiary/aromatic N) is 2. The van der Waals surface area contributed by atoms with Gasteiger partial charge in [0.1, 0.15) is 12.4 Å². The number of aliphatic hydroxyl groups is 1. The third kappa shape index (κ3) is 3.82. The van der Waals surface area contributed by atoms with Crippen molar-refractivity contribution in [3.05, 3.63) is 65.5 Å². The zero-order valence-electron chi connectivity index (χ0n) is 17.5. The molecular weight excluding hydrogens is 409 g/mol. The Balaban J connectivity index is 1.32. The van der Waals surface area contributed by atoms with Gasteiger partial charge in [0.25, 0.3) is 0 Å². The average molecular weight is 433 g/mol. The first kappa shape index (κ1) is 20.5. The van der Waals surface area contributed by atoms with Crippen molar-refractivity contribution >= 4 is 17.6 Å². The summed E-state index contributed by atoms with van der Waals surface area (Å²) in [5.74, 6) is 6.13. The summed E-state index contributed by atoms with van der Waals surface area (Å²) in [6, 6.07) is 12.8. The largest absolute Gasteiger partial charge is 0.394 e. The lowest BCUT2D eigenvalue weighted by Gasteiger charge is -2.58. The summed E-state index contributed by atoms with van der Waals surface area (Å²) in [7, 11) is 0. The van der Waals surface area contributed by atoms with Crippen LogP contribution in [0, 0.1) is 23.6 Å². The molecule has 0 radical (unpaired) electrons. The van der Waals surface area contributed by atoms with E-state index in [1.54, 1.807) is 17.0 Å². The van der Waals surface area contributed by atoms with Crippen molar-refractivity contribution in [2.45, 2.75) is 30.8 Å². The molecule has 2 aromatic rings. The van der Waals surface area contributed by atoms with E-state index in [-0.39, 0.29) is 42.7 Å². The first-order chi connectivity index (χ1) is 15.5. The summed E-state index contributed by atoms with van der Waals surface area (Å²) in [6.45, 7) is 0.0731. The second kappa shape index (κ2) is 8.29. The Hall–Kier alpha value is -3.37. The fraction of sp³-hybridized carbons (Fsp3) is 0.360. The van der Waals surface area contributed by atoms with E-state index in [1.165, 1.54) is 29.9 Å². The maximum atomic E-state index is 13.9. The molecule has 3 fully saturated rings. The second-order valence-electron chi connectivity index (χ2n) is 8.60. The van der Waals surface area contributed by atoms with Crippen LogP contribution in [0.1, 0.15) is 29.9 Å². The highest BCUT2D eigenvalue weighted by molar-refractivity contribution is 5.94. The maximum absolute atomic E-state index is 13.9. The molecule has 0 spiro atoms. The van der Waals surface area contributed by atoms with Gasteiger partial charge in [-0.15, -0.1) is 0 Å². The topological polar surface area (TPSA) is 72.9 Å². The van der Waals surface area contributed by atoms with E-state index < -0.39 is 11.8 Å². The van der Waals surface area contributed by atoms with Gasteiger partial charge in [-0.1, -0.05) is 36.1 Å². The number of benzene rings is 2. The first-order valence-corrected chi connectivity index (χ1v) is 10.9. The smallest absolute Gasteiger partial charge is 0.322 e. The van der Waals surface area contributed by atoms with Crippen LogP contribution in [-0.4, -0.2) is 58.6 Å². The van der Waals surface area contributed by atoms with Gasteiger partial charge in [0.05, 0.1) is 24.4 Å². The van der Waals surface area contributed by atoms with E-state index in [0.29, 0.717) is 12.5 Å². The molecular formula is C25H24FN3O3. The van der Waals surface area contributed by atoms with Crippen LogP contribution in [0.5, 0.6) is 0 Å². The molecule has 164 valence electrons. The van der Waals surface area contributed by atoms with Gasteiger partial charge in [-0.05, 0) is 42.7 Å². The van der Waals surface area contributed by atoms with Crippen LogP contribution in [0.3, 0.4) is 0 Å². The number of urea groups is 1. The number of rotatable bonds is 3. The van der Waals surface area contributed by atoms with Gasteiger partial charge in [0.2, 0.25) is 5.91 Å². The van der Waals surface area contributed by atoms with E-state index in [0.717, 1.165) is 11.1 Å². The highest BCUT2D eigenvalue weighted by Crippen LogP contribution is 2.43. The Kier molecular flexibility index (Phi) is 5.32. The zero-order chi connectivity index (χ0) is 22.2. The number of piperazine rings is 1. The monoisotopic (exact) mass is 433 g/mol. The molecule has 1 saturated carbocycles. The van der Waals surface area contributed by atoms with Crippen molar-refractivity contribution in [3.63, 3.8) is 0 Å². The fourth-order valence-corrected chi connectivity index (χ4v) is 4.61. The van der Waals surface area contributed by atoms with Crippen LogP contribution >= 0.6 is 0 Å². The molecule has 2 aliphatic heterocycles. The molecule has 3 aliphatic rings. The Bertz CT molecular complexity index is 1100. The van der Waals surface area contributed by atoms with Crippen LogP contribution in [0.25, 0.3) is 0 Å². The molecule has 3 amide bonds. The van der Waals surface area contributed by atoms with E-state index in [9.17, 15) is 19.1 Å². The van der Waals surface area contributed by atoms with Crippen molar-refractivity contribution in [2.75, 3.05) is 25.0 Å². The normalized spacial score (nSPS) is 24.2. The van der Waals surface area contributed by atoms with Crippen LogP contribution in [0.4, 0.5) is 14.9 Å². The van der Waals surface area contributed by atoms with Gasteiger partial charge in [-0.25, -0.2) is 9.18 Å². The predicted molar refractivity (Wildman–Crippen MR) is 117 cm³/mol. The number of halogens is 1. The number of fused-ring (bicyclic) bond motifs is 1. The number of carbonyl (C=O) groups excluding carboxylic acids is 2. The molecule has 0 unspecified atom stereocenters. The number of carbonyl (C=O) groups is 2. The summed E-state index contributed by atoms with van der Waals surface area (Å²) in [4.78, 5) is 28.6. The number of hydrogen-bond acceptors (Lipinski definition) is 3. The SMILES string of the molecule is O=C(Nc1ccccc1F)N1CC(=O)N2[C@H](C1)[C@@H](c1ccc(C#CC3CC3)cc1)[C@@H]2CO. The second-order valence-corrected chi connectivity index (χ2v) is 8.60. The summed E-state index contributed by atoms with van der Waals surface area (Å²) < 4.78 is 13.9. The minimum absolute atomic E-state index is 0.0775. The fourth-order valence-electron chi connectivity index (χ4n) is 4.61. The molecule has 2 aromatic carbocycles. The molecule has 2 N–H and O–H groups in total. The summed E-state index contributed by atoms with van der Waals surface area (Å²) in [6.07, 6.45) is 2.36. The summed E-state index contributed by atoms with van der Waals surface area (Å²) in [5.41, 5.74) is 2.03. The Morgan fingerprint density at radius 2 is 1.91 bits per heavy atom. The number of aliphatic hydroxyl groups excluding tert-OH is 1. The molecule has 3 atom stereocenters. The molecule has 2 heterocycles. The quantitative estimate of drug-likeness (QED) is 0.732. The molecule has 32 heavy (non-hydrogen) atoms. The van der Waals surface area contributed by atoms with Crippen LogP contribution < -0.4 is 5.32 Å². The minimum atomic E-state index is -0.530. The van der Waals surface area contributed by atoms with Gasteiger partial charge < -0.3 is 20.2 Å². The molecule has 7 heteroatoms. The first-order valence-electron chi connectivity index (χ1n) is 10.9. The average Bonchev–Trinajstić information content (AvgIpc) is 3.60. The molecule has 5 rings (SSSR count). The van der Waals surface area contributed by atoms with Crippen molar-refractivity contribution < 1.29 is 19.1 Å². The van der Waals surface area contributed by atoms with Crippen LogP contribution in [0.15, 0.2) is 48.5 Å². The molecule has 1 aliphatic carbocycles. The Morgan fingerprint density at radius 3 is 2.59 bits per heavy atom. The van der Waals surface area contributed by atoms with Gasteiger partial charge in [0, 0.05) is 23.9 Å². The van der Waals surface area contributed by atoms with Gasteiger partial charge in [-0.3, -0.25) is 4.79 Å². The van der Waals surface area contributed by atoms with Crippen LogP contribution in [0.2, 0.25) is 0 Å². The standard InChI is InChI=1S/C25H24FN3O3/c26-19-3-1-2-4-20(19)27-25(32)28-13-21-24(22(15-30)29(21)23(31)14-28)18-11-9-17(10-12-18)8-7-16-5-6-16/h1-4,9-12,16,21-22,24,30H,5-6,13-15H2,(H,27,32)/t21-,22+,24-/m1/s1. The minimum Gasteiger partial charge on any atom is -0.394 e. The summed E-state index contributed by atoms with van der Waals surface area (Å²) in [5, 5.41) is 12.5. The van der Waals surface area contributed by atoms with Crippen molar-refractivity contribution in [2.24, 2.45) is 5.92 Å². The van der Waals surface area contributed by atoms with Gasteiger partial charge in [0.15, 0.2) is 0 Å². The zero-order valence-corrected chi connectivity index (χ0v) is 17.5. The Labute approximate surface area is 186 Å². The van der Waals surface area contributed by atoms with Crippen LogP contribution in [-0.2, 0) is 4.79 Å². The number of anilines is 1. The van der Waals surface area contributed by atoms with Gasteiger partial charge in [-0.2, -0.15) is 0 Å². The Morgan fingerprint density at radius 1 is 1.16 bits per heavy atom. The number of hydrogen-bond donors (Lipinski definition) is 2.